The molecule has 20 heavy (non-hydrogen) atoms. The lowest BCUT2D eigenvalue weighted by atomic mass is 10.2. The summed E-state index contributed by atoms with van der Waals surface area (Å²) in [4.78, 5) is 25.6. The van der Waals surface area contributed by atoms with E-state index in [0.29, 0.717) is 17.0 Å². The Morgan fingerprint density at radius 1 is 1.45 bits per heavy atom. The second-order valence-corrected chi connectivity index (χ2v) is 4.03. The molecular weight excluding hydrogens is 280 g/mol. The number of aromatic nitrogens is 1. The number of alkyl halides is 1. The molecule has 0 fully saturated rings. The minimum atomic E-state index is -0.627. The summed E-state index contributed by atoms with van der Waals surface area (Å²) < 4.78 is 0. The van der Waals surface area contributed by atoms with Crippen molar-refractivity contribution in [3.8, 4) is 18.6 Å². The Hall–Kier alpha value is -2.19. The summed E-state index contributed by atoms with van der Waals surface area (Å²) in [5.74, 6) is -0.960. The van der Waals surface area contributed by atoms with E-state index >= 15 is 0 Å². The highest BCUT2D eigenvalue weighted by Crippen LogP contribution is 2.04. The van der Waals surface area contributed by atoms with Gasteiger partial charge in [-0.25, -0.2) is 0 Å². The van der Waals surface area contributed by atoms with Gasteiger partial charge in [-0.2, -0.15) is 0 Å². The number of nitrogens with two attached hydrogens (primary N) is 1. The van der Waals surface area contributed by atoms with Gasteiger partial charge in [0.25, 0.3) is 0 Å². The van der Waals surface area contributed by atoms with Crippen LogP contribution in [0.3, 0.4) is 0 Å². The smallest absolute Gasteiger partial charge is 0.230 e. The fourth-order valence-electron chi connectivity index (χ4n) is 1.62. The van der Waals surface area contributed by atoms with Gasteiger partial charge in [0.15, 0.2) is 5.75 Å². The molecule has 0 aromatic carbocycles. The number of hydrogen-bond donors (Lipinski definition) is 3. The highest BCUT2D eigenvalue weighted by Gasteiger charge is 2.10. The van der Waals surface area contributed by atoms with Gasteiger partial charge in [0.1, 0.15) is 0 Å². The van der Waals surface area contributed by atoms with Gasteiger partial charge in [-0.15, -0.1) is 24.4 Å². The number of carbonyl (C=O) groups excluding carboxylic acids is 1. The number of primary amides is 1. The Balaban J connectivity index is 0.00000172. The van der Waals surface area contributed by atoms with Crippen molar-refractivity contribution in [2.45, 2.75) is 19.8 Å². The van der Waals surface area contributed by atoms with Crippen LogP contribution in [-0.4, -0.2) is 21.9 Å². The zero-order valence-corrected chi connectivity index (χ0v) is 11.9. The largest absolute Gasteiger partial charge is 0.503 e. The number of H-pyrrole nitrogens is 1. The minimum Gasteiger partial charge on any atom is -0.503 e. The summed E-state index contributed by atoms with van der Waals surface area (Å²) in [5.41, 5.74) is 4.63. The lowest BCUT2D eigenvalue weighted by molar-refractivity contribution is -0.117. The van der Waals surface area contributed by atoms with Crippen LogP contribution in [0, 0.1) is 12.8 Å². The van der Waals surface area contributed by atoms with Crippen LogP contribution in [0.15, 0.2) is 4.79 Å². The van der Waals surface area contributed by atoms with Crippen LogP contribution in [0.5, 0.6) is 5.75 Å². The monoisotopic (exact) mass is 296 g/mol. The second kappa shape index (κ2) is 8.83. The Morgan fingerprint density at radius 3 is 2.50 bits per heavy atom. The van der Waals surface area contributed by atoms with Crippen molar-refractivity contribution in [1.82, 2.24) is 4.98 Å². The van der Waals surface area contributed by atoms with Crippen molar-refractivity contribution >= 4 is 29.7 Å². The Kier molecular flexibility index (Phi) is 7.87. The number of carbonyl (C=O) groups is 1. The number of pyridine rings is 1. The fraction of sp³-hybridized carbons (Fsp3) is 0.286. The third kappa shape index (κ3) is 4.48. The first-order valence-electron chi connectivity index (χ1n) is 5.83. The molecule has 108 valence electrons. The van der Waals surface area contributed by atoms with Gasteiger partial charge in [-0.05, 0) is 6.42 Å². The molecular formula is C14H17ClN2O3. The quantitative estimate of drug-likeness (QED) is 0.519. The maximum absolute atomic E-state index is 11.9. The number of halogens is 1. The van der Waals surface area contributed by atoms with Crippen molar-refractivity contribution in [3.63, 3.8) is 0 Å². The maximum atomic E-state index is 11.9. The normalized spacial score (nSPS) is 11.8. The maximum Gasteiger partial charge on any atom is 0.230 e. The van der Waals surface area contributed by atoms with Gasteiger partial charge in [0.05, 0.1) is 12.1 Å². The number of terminal acetylenes is 1. The number of hydrogen-bond acceptors (Lipinski definition) is 3. The van der Waals surface area contributed by atoms with Crippen molar-refractivity contribution in [2.24, 2.45) is 5.73 Å². The van der Waals surface area contributed by atoms with Gasteiger partial charge in [-0.1, -0.05) is 19.1 Å². The van der Waals surface area contributed by atoms with Gasteiger partial charge < -0.3 is 15.8 Å². The molecule has 0 atom stereocenters. The van der Waals surface area contributed by atoms with Crippen LogP contribution in [-0.2, 0) is 11.2 Å². The van der Waals surface area contributed by atoms with Crippen molar-refractivity contribution in [3.05, 3.63) is 26.5 Å². The minimum absolute atomic E-state index is 0.124. The molecule has 1 rings (SSSR count). The van der Waals surface area contributed by atoms with E-state index in [4.69, 9.17) is 17.3 Å². The fourth-order valence-corrected chi connectivity index (χ4v) is 1.78. The Labute approximate surface area is 121 Å². The van der Waals surface area contributed by atoms with E-state index in [1.165, 1.54) is 6.08 Å². The molecule has 4 N–H and O–H groups in total. The lowest BCUT2D eigenvalue weighted by Crippen LogP contribution is -2.42. The zero-order valence-electron chi connectivity index (χ0n) is 11.1. The third-order valence-corrected chi connectivity index (χ3v) is 2.52. The van der Waals surface area contributed by atoms with Crippen LogP contribution < -0.4 is 21.7 Å². The predicted molar refractivity (Wildman–Crippen MR) is 80.7 cm³/mol. The van der Waals surface area contributed by atoms with Crippen molar-refractivity contribution in [1.29, 1.82) is 0 Å². The Bertz CT molecular complexity index is 659. The number of nitrogens with one attached hydrogen (secondary N) is 1. The number of amides is 1. The molecule has 0 radical (unpaired) electrons. The first-order valence-corrected chi connectivity index (χ1v) is 6.36. The number of rotatable bonds is 4. The third-order valence-electron chi connectivity index (χ3n) is 2.36. The van der Waals surface area contributed by atoms with E-state index in [1.807, 2.05) is 6.92 Å². The van der Waals surface area contributed by atoms with E-state index in [9.17, 15) is 14.7 Å². The molecule has 0 saturated heterocycles. The number of aromatic amines is 1. The average Bonchev–Trinajstić information content (AvgIpc) is 2.42. The standard InChI is InChI=1S/C12H15ClN2O3.C2H2/c1-2-3-8-7(4-5-13)11(17)12(18)9(15-8)6-10(14)16;1-2/h3-4,15,18H,2,5-6H2,1H3,(H2,14,16);1-2H/b7-4+,8-3+;. The van der Waals surface area contributed by atoms with E-state index in [2.05, 4.69) is 17.8 Å². The molecule has 0 spiro atoms. The summed E-state index contributed by atoms with van der Waals surface area (Å²) in [6.45, 7) is 1.91. The van der Waals surface area contributed by atoms with Crippen LogP contribution >= 0.6 is 11.6 Å². The van der Waals surface area contributed by atoms with Gasteiger partial charge in [-0.3, -0.25) is 9.59 Å². The first-order chi connectivity index (χ1) is 9.51. The molecule has 1 aromatic heterocycles. The van der Waals surface area contributed by atoms with Gasteiger partial charge in [0, 0.05) is 16.4 Å². The van der Waals surface area contributed by atoms with E-state index < -0.39 is 17.1 Å². The van der Waals surface area contributed by atoms with E-state index in [1.54, 1.807) is 6.08 Å². The van der Waals surface area contributed by atoms with Gasteiger partial charge >= 0.3 is 0 Å². The molecule has 1 heterocycles. The summed E-state index contributed by atoms with van der Waals surface area (Å²) in [6.07, 6.45) is 11.8. The van der Waals surface area contributed by atoms with E-state index in [-0.39, 0.29) is 18.0 Å². The highest BCUT2D eigenvalue weighted by atomic mass is 35.5. The SMILES string of the molecule is C#C.CC/C=c1/[nH]c(CC(N)=O)c(O)c(=O)/c1=C/CCl. The van der Waals surface area contributed by atoms with Crippen LogP contribution in [0.4, 0.5) is 0 Å². The van der Waals surface area contributed by atoms with Crippen molar-refractivity contribution < 1.29 is 9.90 Å². The average molecular weight is 297 g/mol. The van der Waals surface area contributed by atoms with Gasteiger partial charge in [0.2, 0.25) is 11.3 Å². The molecule has 0 saturated carbocycles. The summed E-state index contributed by atoms with van der Waals surface area (Å²) in [6, 6.07) is 0. The number of aromatic hydroxyl groups is 1. The van der Waals surface area contributed by atoms with Crippen molar-refractivity contribution in [2.75, 3.05) is 5.88 Å². The van der Waals surface area contributed by atoms with E-state index in [0.717, 1.165) is 0 Å². The van der Waals surface area contributed by atoms with Crippen LogP contribution in [0.2, 0.25) is 0 Å². The summed E-state index contributed by atoms with van der Waals surface area (Å²) in [7, 11) is 0. The zero-order chi connectivity index (χ0) is 15.7. The molecule has 6 heteroatoms. The van der Waals surface area contributed by atoms with Crippen LogP contribution in [0.25, 0.3) is 12.2 Å². The molecule has 1 amide bonds. The summed E-state index contributed by atoms with van der Waals surface area (Å²) in [5, 5.41) is 10.6. The molecule has 0 unspecified atom stereocenters. The summed E-state index contributed by atoms with van der Waals surface area (Å²) >= 11 is 5.58. The highest BCUT2D eigenvalue weighted by molar-refractivity contribution is 6.20. The lowest BCUT2D eigenvalue weighted by Gasteiger charge is -2.03. The molecule has 0 aliphatic carbocycles. The van der Waals surface area contributed by atoms with Crippen LogP contribution in [0.1, 0.15) is 19.0 Å². The Morgan fingerprint density at radius 2 is 2.05 bits per heavy atom. The molecule has 5 nitrogen and oxygen atoms in total. The molecule has 0 bridgehead atoms. The first kappa shape index (κ1) is 17.8. The second-order valence-electron chi connectivity index (χ2n) is 3.72. The topological polar surface area (TPSA) is 96.2 Å². The predicted octanol–water partition coefficient (Wildman–Crippen LogP) is -0.433. The molecule has 1 aromatic rings. The molecule has 0 aliphatic heterocycles. The molecule has 0 aliphatic rings.